The Kier molecular flexibility index (Phi) is 7.44. The van der Waals surface area contributed by atoms with Crippen LogP contribution in [-0.4, -0.2) is 31.8 Å². The van der Waals surface area contributed by atoms with E-state index in [1.807, 2.05) is 0 Å². The van der Waals surface area contributed by atoms with Gasteiger partial charge in [0.05, 0.1) is 25.0 Å². The Bertz CT molecular complexity index is 817. The lowest BCUT2D eigenvalue weighted by Crippen LogP contribution is -2.42. The second-order valence-electron chi connectivity index (χ2n) is 4.94. The number of methoxy groups -OCH3 is 2. The molecule has 138 valence electrons. The lowest BCUT2D eigenvalue weighted by Gasteiger charge is -2.11. The second kappa shape index (κ2) is 9.56. The number of carbonyl (C=O) groups excluding carboxylic acids is 2. The maximum atomic E-state index is 12.1. The highest BCUT2D eigenvalue weighted by Gasteiger charge is 2.12. The fourth-order valence-electron chi connectivity index (χ4n) is 1.94. The molecule has 26 heavy (non-hydrogen) atoms. The van der Waals surface area contributed by atoms with Crippen molar-refractivity contribution in [1.82, 2.24) is 10.9 Å². The molecule has 0 spiro atoms. The summed E-state index contributed by atoms with van der Waals surface area (Å²) < 4.78 is 10.3. The second-order valence-corrected chi connectivity index (χ2v) is 6.80. The zero-order chi connectivity index (χ0) is 19.1. The number of hydrogen-bond acceptors (Lipinski definition) is 5. The first-order valence-electron chi connectivity index (χ1n) is 7.33. The van der Waals surface area contributed by atoms with Gasteiger partial charge in [-0.2, -0.15) is 0 Å². The van der Waals surface area contributed by atoms with Crippen molar-refractivity contribution in [3.63, 3.8) is 0 Å². The summed E-state index contributed by atoms with van der Waals surface area (Å²) in [5.74, 6) is 0.109. The minimum Gasteiger partial charge on any atom is -0.493 e. The molecule has 0 saturated carbocycles. The molecule has 0 aromatic heterocycles. The fraction of sp³-hybridized carbons (Fsp3) is 0.176. The topological polar surface area (TPSA) is 76.7 Å². The third kappa shape index (κ3) is 5.45. The van der Waals surface area contributed by atoms with Gasteiger partial charge in [-0.1, -0.05) is 23.2 Å². The van der Waals surface area contributed by atoms with Crippen molar-refractivity contribution < 1.29 is 19.1 Å². The lowest BCUT2D eigenvalue weighted by molar-refractivity contribution is -0.119. The molecule has 2 aromatic carbocycles. The van der Waals surface area contributed by atoms with Gasteiger partial charge in [-0.3, -0.25) is 20.4 Å². The summed E-state index contributed by atoms with van der Waals surface area (Å²) in [4.78, 5) is 24.7. The molecule has 0 heterocycles. The van der Waals surface area contributed by atoms with E-state index >= 15 is 0 Å². The Morgan fingerprint density at radius 1 is 1.00 bits per heavy atom. The number of carbonyl (C=O) groups is 2. The molecule has 2 N–H and O–H groups in total. The number of benzene rings is 2. The van der Waals surface area contributed by atoms with Gasteiger partial charge in [0.1, 0.15) is 0 Å². The molecular weight excluding hydrogens is 399 g/mol. The van der Waals surface area contributed by atoms with Crippen molar-refractivity contribution in [2.24, 2.45) is 0 Å². The number of halogens is 2. The summed E-state index contributed by atoms with van der Waals surface area (Å²) >= 11 is 13.1. The van der Waals surface area contributed by atoms with E-state index in [4.69, 9.17) is 32.7 Å². The molecule has 0 atom stereocenters. The number of rotatable bonds is 6. The first kappa shape index (κ1) is 20.2. The number of nitrogens with one attached hydrogen (secondary N) is 2. The van der Waals surface area contributed by atoms with Crippen molar-refractivity contribution in [3.8, 4) is 11.5 Å². The van der Waals surface area contributed by atoms with Gasteiger partial charge in [0.25, 0.3) is 5.91 Å². The summed E-state index contributed by atoms with van der Waals surface area (Å²) in [7, 11) is 2.97. The smallest absolute Gasteiger partial charge is 0.269 e. The van der Waals surface area contributed by atoms with Gasteiger partial charge in [0.15, 0.2) is 11.5 Å². The first-order chi connectivity index (χ1) is 12.4. The Labute approximate surface area is 165 Å². The molecule has 9 heteroatoms. The van der Waals surface area contributed by atoms with Crippen LogP contribution >= 0.6 is 35.0 Å². The van der Waals surface area contributed by atoms with Crippen molar-refractivity contribution in [3.05, 3.63) is 52.0 Å². The molecule has 2 amide bonds. The average molecular weight is 415 g/mol. The van der Waals surface area contributed by atoms with Crippen LogP contribution in [0.25, 0.3) is 0 Å². The quantitative estimate of drug-likeness (QED) is 0.557. The fourth-order valence-corrected chi connectivity index (χ4v) is 3.24. The molecule has 2 aromatic rings. The monoisotopic (exact) mass is 414 g/mol. The molecule has 0 aliphatic rings. The van der Waals surface area contributed by atoms with Crippen LogP contribution in [0.5, 0.6) is 11.5 Å². The molecule has 0 aliphatic heterocycles. The van der Waals surface area contributed by atoms with Gasteiger partial charge in [0.2, 0.25) is 5.91 Å². The lowest BCUT2D eigenvalue weighted by atomic mass is 10.2. The highest BCUT2D eigenvalue weighted by atomic mass is 35.5. The van der Waals surface area contributed by atoms with Crippen LogP contribution < -0.4 is 20.3 Å². The number of ether oxygens (including phenoxy) is 2. The molecule has 0 fully saturated rings. The van der Waals surface area contributed by atoms with E-state index in [-0.39, 0.29) is 11.7 Å². The number of hydrazine groups is 1. The Morgan fingerprint density at radius 2 is 1.73 bits per heavy atom. The van der Waals surface area contributed by atoms with Crippen LogP contribution in [-0.2, 0) is 4.79 Å². The molecule has 0 bridgehead atoms. The number of amides is 2. The largest absolute Gasteiger partial charge is 0.493 e. The molecule has 0 radical (unpaired) electrons. The van der Waals surface area contributed by atoms with E-state index < -0.39 is 5.91 Å². The number of thioether (sulfide) groups is 1. The molecule has 0 unspecified atom stereocenters. The van der Waals surface area contributed by atoms with Crippen LogP contribution in [0.4, 0.5) is 0 Å². The van der Waals surface area contributed by atoms with E-state index in [1.54, 1.807) is 30.3 Å². The third-order valence-electron chi connectivity index (χ3n) is 3.21. The normalized spacial score (nSPS) is 10.2. The first-order valence-corrected chi connectivity index (χ1v) is 9.07. The Balaban J connectivity index is 1.88. The molecule has 6 nitrogen and oxygen atoms in total. The molecule has 0 saturated heterocycles. The molecule has 0 aliphatic carbocycles. The predicted molar refractivity (Wildman–Crippen MR) is 102 cm³/mol. The Morgan fingerprint density at radius 3 is 2.42 bits per heavy atom. The van der Waals surface area contributed by atoms with Crippen molar-refractivity contribution in [2.45, 2.75) is 4.90 Å². The minimum absolute atomic E-state index is 0.0618. The van der Waals surface area contributed by atoms with Gasteiger partial charge in [-0.25, -0.2) is 0 Å². The van der Waals surface area contributed by atoms with E-state index in [2.05, 4.69) is 10.9 Å². The summed E-state index contributed by atoms with van der Waals surface area (Å²) in [6.45, 7) is 0. The molecular formula is C17H16Cl2N2O4S. The van der Waals surface area contributed by atoms with Gasteiger partial charge in [-0.15, -0.1) is 11.8 Å². The van der Waals surface area contributed by atoms with E-state index in [1.165, 1.54) is 32.0 Å². The van der Waals surface area contributed by atoms with Gasteiger partial charge >= 0.3 is 0 Å². The van der Waals surface area contributed by atoms with Crippen LogP contribution in [0.2, 0.25) is 10.0 Å². The highest BCUT2D eigenvalue weighted by Crippen LogP contribution is 2.29. The predicted octanol–water partition coefficient (Wildman–Crippen LogP) is 3.56. The summed E-state index contributed by atoms with van der Waals surface area (Å²) in [5.41, 5.74) is 5.00. The van der Waals surface area contributed by atoms with E-state index in [0.717, 1.165) is 0 Å². The third-order valence-corrected chi connectivity index (χ3v) is 4.95. The van der Waals surface area contributed by atoms with Crippen LogP contribution in [0.3, 0.4) is 0 Å². The zero-order valence-corrected chi connectivity index (χ0v) is 16.3. The maximum absolute atomic E-state index is 12.1. The van der Waals surface area contributed by atoms with Crippen LogP contribution in [0.15, 0.2) is 41.3 Å². The van der Waals surface area contributed by atoms with Gasteiger partial charge in [0, 0.05) is 15.5 Å². The summed E-state index contributed by atoms with van der Waals surface area (Å²) in [5, 5.41) is 1.03. The average Bonchev–Trinajstić information content (AvgIpc) is 2.66. The van der Waals surface area contributed by atoms with Crippen molar-refractivity contribution in [2.75, 3.05) is 20.0 Å². The summed E-state index contributed by atoms with van der Waals surface area (Å²) in [6, 6.07) is 9.67. The van der Waals surface area contributed by atoms with Crippen LogP contribution in [0, 0.1) is 0 Å². The molecule has 2 rings (SSSR count). The maximum Gasteiger partial charge on any atom is 0.269 e. The van der Waals surface area contributed by atoms with Crippen LogP contribution in [0.1, 0.15) is 10.4 Å². The highest BCUT2D eigenvalue weighted by molar-refractivity contribution is 8.00. The van der Waals surface area contributed by atoms with E-state index in [0.29, 0.717) is 32.0 Å². The van der Waals surface area contributed by atoms with Gasteiger partial charge < -0.3 is 9.47 Å². The van der Waals surface area contributed by atoms with Gasteiger partial charge in [-0.05, 0) is 36.4 Å². The minimum atomic E-state index is -0.481. The summed E-state index contributed by atoms with van der Waals surface area (Å²) in [6.07, 6.45) is 0. The zero-order valence-electron chi connectivity index (χ0n) is 14.0. The number of hydrogen-bond donors (Lipinski definition) is 2. The standard InChI is InChI=1S/C17H16Cl2N2O4S/c1-24-13-6-3-10(7-14(13)25-2)17(23)21-20-16(22)9-26-15-8-11(18)4-5-12(15)19/h3-8H,9H2,1-2H3,(H,20,22)(H,21,23). The Hall–Kier alpha value is -2.09. The van der Waals surface area contributed by atoms with E-state index in [9.17, 15) is 9.59 Å². The van der Waals surface area contributed by atoms with Crippen molar-refractivity contribution >= 4 is 46.8 Å². The SMILES string of the molecule is COc1ccc(C(=O)NNC(=O)CSc2cc(Cl)ccc2Cl)cc1OC. The van der Waals surface area contributed by atoms with Crippen molar-refractivity contribution in [1.29, 1.82) is 0 Å².